The van der Waals surface area contributed by atoms with Crippen molar-refractivity contribution in [3.8, 4) is 5.75 Å². The molecular formula is C26H32Cl2N2O3. The predicted molar refractivity (Wildman–Crippen MR) is 133 cm³/mol. The zero-order valence-corrected chi connectivity index (χ0v) is 21.0. The maximum absolute atomic E-state index is 13.4. The van der Waals surface area contributed by atoms with Gasteiger partial charge in [-0.15, -0.1) is 0 Å². The number of nitrogens with zero attached hydrogens (tertiary/aromatic N) is 1. The quantitative estimate of drug-likeness (QED) is 0.479. The van der Waals surface area contributed by atoms with Crippen LogP contribution in [0.15, 0.2) is 36.4 Å². The molecule has 1 atom stereocenters. The van der Waals surface area contributed by atoms with E-state index in [4.69, 9.17) is 27.9 Å². The van der Waals surface area contributed by atoms with Crippen molar-refractivity contribution in [2.24, 2.45) is 0 Å². The first-order valence-corrected chi connectivity index (χ1v) is 12.3. The molecule has 1 aliphatic carbocycles. The number of hydrogen-bond acceptors (Lipinski definition) is 3. The highest BCUT2D eigenvalue weighted by Crippen LogP contribution is 2.25. The van der Waals surface area contributed by atoms with Crippen LogP contribution in [0.3, 0.4) is 0 Å². The van der Waals surface area contributed by atoms with Crippen molar-refractivity contribution in [2.75, 3.05) is 6.61 Å². The first kappa shape index (κ1) is 25.4. The van der Waals surface area contributed by atoms with E-state index in [1.807, 2.05) is 39.0 Å². The normalized spacial score (nSPS) is 14.7. The van der Waals surface area contributed by atoms with Crippen LogP contribution in [0.1, 0.15) is 55.7 Å². The van der Waals surface area contributed by atoms with Crippen molar-refractivity contribution in [3.05, 3.63) is 63.1 Å². The molecule has 0 bridgehead atoms. The van der Waals surface area contributed by atoms with Gasteiger partial charge in [-0.25, -0.2) is 0 Å². The zero-order valence-electron chi connectivity index (χ0n) is 19.5. The smallest absolute Gasteiger partial charge is 0.261 e. The van der Waals surface area contributed by atoms with Gasteiger partial charge in [0.15, 0.2) is 6.61 Å². The summed E-state index contributed by atoms with van der Waals surface area (Å²) >= 11 is 12.4. The Bertz CT molecular complexity index is 989. The molecule has 0 aromatic heterocycles. The molecule has 3 rings (SSSR count). The molecule has 1 saturated carbocycles. The molecule has 5 nitrogen and oxygen atoms in total. The Morgan fingerprint density at radius 2 is 1.88 bits per heavy atom. The monoisotopic (exact) mass is 490 g/mol. The summed E-state index contributed by atoms with van der Waals surface area (Å²) in [7, 11) is 0. The van der Waals surface area contributed by atoms with Crippen molar-refractivity contribution in [2.45, 2.75) is 71.5 Å². The van der Waals surface area contributed by atoms with Gasteiger partial charge in [0.25, 0.3) is 5.91 Å². The predicted octanol–water partition coefficient (Wildman–Crippen LogP) is 5.86. The van der Waals surface area contributed by atoms with Gasteiger partial charge in [-0.3, -0.25) is 9.59 Å². The van der Waals surface area contributed by atoms with Crippen molar-refractivity contribution in [1.82, 2.24) is 10.2 Å². The average Bonchev–Trinajstić information content (AvgIpc) is 3.29. The number of nitrogens with one attached hydrogen (secondary N) is 1. The Labute approximate surface area is 206 Å². The fraction of sp³-hybridized carbons (Fsp3) is 0.462. The number of hydrogen-bond donors (Lipinski definition) is 1. The minimum atomic E-state index is -0.618. The fourth-order valence-corrected chi connectivity index (χ4v) is 4.69. The van der Waals surface area contributed by atoms with Crippen LogP contribution in [0.2, 0.25) is 10.0 Å². The van der Waals surface area contributed by atoms with E-state index in [9.17, 15) is 9.59 Å². The lowest BCUT2D eigenvalue weighted by Crippen LogP contribution is -2.52. The van der Waals surface area contributed by atoms with Crippen molar-refractivity contribution in [1.29, 1.82) is 0 Å². The number of halogens is 2. The third kappa shape index (κ3) is 6.64. The van der Waals surface area contributed by atoms with Crippen molar-refractivity contribution < 1.29 is 14.3 Å². The van der Waals surface area contributed by atoms with Crippen molar-refractivity contribution >= 4 is 35.0 Å². The third-order valence-electron chi connectivity index (χ3n) is 6.35. The van der Waals surface area contributed by atoms with Gasteiger partial charge in [0, 0.05) is 22.6 Å². The van der Waals surface area contributed by atoms with Gasteiger partial charge >= 0.3 is 0 Å². The SMILES string of the molecule is CC[C@H](C(=O)NC1CCCC1)N(Cc1ccc(Cl)cc1Cl)C(=O)COc1cccc(C)c1C. The molecule has 1 fully saturated rings. The molecule has 0 heterocycles. The van der Waals surface area contributed by atoms with Crippen LogP contribution < -0.4 is 10.1 Å². The van der Waals surface area contributed by atoms with Gasteiger partial charge in [-0.1, -0.05) is 61.2 Å². The maximum Gasteiger partial charge on any atom is 0.261 e. The first-order chi connectivity index (χ1) is 15.8. The van der Waals surface area contributed by atoms with Crippen LogP contribution in [-0.2, 0) is 16.1 Å². The number of amides is 2. The molecule has 0 spiro atoms. The number of carbonyl (C=O) groups excluding carboxylic acids is 2. The van der Waals surface area contributed by atoms with Crippen LogP contribution in [0.25, 0.3) is 0 Å². The van der Waals surface area contributed by atoms with Crippen LogP contribution in [-0.4, -0.2) is 35.4 Å². The maximum atomic E-state index is 13.4. The van der Waals surface area contributed by atoms with E-state index in [1.54, 1.807) is 23.1 Å². The van der Waals surface area contributed by atoms with Gasteiger partial charge in [0.2, 0.25) is 5.91 Å². The Morgan fingerprint density at radius 3 is 2.55 bits per heavy atom. The molecule has 0 aliphatic heterocycles. The number of aryl methyl sites for hydroxylation is 1. The van der Waals surface area contributed by atoms with Crippen LogP contribution in [0.4, 0.5) is 0 Å². The molecule has 33 heavy (non-hydrogen) atoms. The Balaban J connectivity index is 1.81. The van der Waals surface area contributed by atoms with Gasteiger partial charge in [-0.05, 0) is 68.0 Å². The highest BCUT2D eigenvalue weighted by Gasteiger charge is 2.31. The Hall–Kier alpha value is -2.24. The Kier molecular flexibility index (Phi) is 9.04. The van der Waals surface area contributed by atoms with E-state index in [0.29, 0.717) is 22.2 Å². The summed E-state index contributed by atoms with van der Waals surface area (Å²) in [6, 6.07) is 10.5. The average molecular weight is 491 g/mol. The van der Waals surface area contributed by atoms with Gasteiger partial charge in [-0.2, -0.15) is 0 Å². The highest BCUT2D eigenvalue weighted by atomic mass is 35.5. The summed E-state index contributed by atoms with van der Waals surface area (Å²) in [5.41, 5.74) is 2.81. The van der Waals surface area contributed by atoms with E-state index in [-0.39, 0.29) is 31.0 Å². The lowest BCUT2D eigenvalue weighted by Gasteiger charge is -2.31. The largest absolute Gasteiger partial charge is 0.483 e. The molecule has 0 saturated heterocycles. The van der Waals surface area contributed by atoms with E-state index >= 15 is 0 Å². The molecule has 0 radical (unpaired) electrons. The van der Waals surface area contributed by atoms with E-state index in [0.717, 1.165) is 42.4 Å². The van der Waals surface area contributed by atoms with Crippen LogP contribution in [0, 0.1) is 13.8 Å². The number of benzene rings is 2. The fourth-order valence-electron chi connectivity index (χ4n) is 4.22. The first-order valence-electron chi connectivity index (χ1n) is 11.5. The summed E-state index contributed by atoms with van der Waals surface area (Å²) in [6.07, 6.45) is 4.69. The molecule has 0 unspecified atom stereocenters. The topological polar surface area (TPSA) is 58.6 Å². The lowest BCUT2D eigenvalue weighted by molar-refractivity contribution is -0.143. The zero-order chi connectivity index (χ0) is 24.0. The molecule has 2 aromatic rings. The second-order valence-corrected chi connectivity index (χ2v) is 9.50. The van der Waals surface area contributed by atoms with Crippen LogP contribution >= 0.6 is 23.2 Å². The molecule has 7 heteroatoms. The molecule has 1 aliphatic rings. The third-order valence-corrected chi connectivity index (χ3v) is 6.94. The second-order valence-electron chi connectivity index (χ2n) is 8.66. The van der Waals surface area contributed by atoms with Gasteiger partial charge < -0.3 is 15.0 Å². The lowest BCUT2D eigenvalue weighted by atomic mass is 10.1. The number of carbonyl (C=O) groups is 2. The molecule has 1 N–H and O–H groups in total. The summed E-state index contributed by atoms with van der Waals surface area (Å²) in [5, 5.41) is 4.12. The minimum Gasteiger partial charge on any atom is -0.483 e. The molecular weight excluding hydrogens is 459 g/mol. The minimum absolute atomic E-state index is 0.130. The van der Waals surface area contributed by atoms with Gasteiger partial charge in [0.1, 0.15) is 11.8 Å². The van der Waals surface area contributed by atoms with E-state index in [1.165, 1.54) is 0 Å². The van der Waals surface area contributed by atoms with E-state index < -0.39 is 6.04 Å². The number of rotatable bonds is 9. The standard InChI is InChI=1S/C26H32Cl2N2O3/c1-4-23(26(32)29-21-9-5-6-10-21)30(15-19-12-13-20(27)14-22(19)28)25(31)16-33-24-11-7-8-17(2)18(24)3/h7-8,11-14,21,23H,4-6,9-10,15-16H2,1-3H3,(H,29,32)/t23-/m1/s1. The van der Waals surface area contributed by atoms with Gasteiger partial charge in [0.05, 0.1) is 0 Å². The van der Waals surface area contributed by atoms with Crippen LogP contribution in [0.5, 0.6) is 5.75 Å². The summed E-state index contributed by atoms with van der Waals surface area (Å²) in [4.78, 5) is 28.1. The second kappa shape index (κ2) is 11.8. The molecule has 2 aromatic carbocycles. The highest BCUT2D eigenvalue weighted by molar-refractivity contribution is 6.35. The summed E-state index contributed by atoms with van der Waals surface area (Å²) in [6.45, 7) is 5.90. The molecule has 178 valence electrons. The number of ether oxygens (including phenoxy) is 1. The summed E-state index contributed by atoms with van der Waals surface area (Å²) < 4.78 is 5.88. The Morgan fingerprint density at radius 1 is 1.15 bits per heavy atom. The van der Waals surface area contributed by atoms with Crippen molar-refractivity contribution in [3.63, 3.8) is 0 Å². The molecule has 2 amide bonds. The van der Waals surface area contributed by atoms with E-state index in [2.05, 4.69) is 5.32 Å². The summed E-state index contributed by atoms with van der Waals surface area (Å²) in [5.74, 6) is 0.265.